The molecule has 0 radical (unpaired) electrons. The molecule has 0 saturated heterocycles. The Labute approximate surface area is 140 Å². The van der Waals surface area contributed by atoms with Crippen molar-refractivity contribution in [2.45, 2.75) is 6.18 Å². The van der Waals surface area contributed by atoms with E-state index in [-0.39, 0.29) is 5.56 Å². The lowest BCUT2D eigenvalue weighted by atomic mass is 10.1. The lowest BCUT2D eigenvalue weighted by molar-refractivity contribution is -0.137. The van der Waals surface area contributed by atoms with Crippen LogP contribution < -0.4 is 5.32 Å². The van der Waals surface area contributed by atoms with Crippen LogP contribution in [0.2, 0.25) is 0 Å². The second-order valence-electron chi connectivity index (χ2n) is 4.86. The van der Waals surface area contributed by atoms with Gasteiger partial charge in [-0.1, -0.05) is 12.1 Å². The van der Waals surface area contributed by atoms with E-state index in [1.165, 1.54) is 36.4 Å². The second kappa shape index (κ2) is 7.49. The summed E-state index contributed by atoms with van der Waals surface area (Å²) >= 11 is 0. The molecule has 5 nitrogen and oxygen atoms in total. The molecule has 128 valence electrons. The quantitative estimate of drug-likeness (QED) is 0.859. The number of nitrogens with one attached hydrogen (secondary N) is 1. The van der Waals surface area contributed by atoms with Gasteiger partial charge in [-0.05, 0) is 36.4 Å². The average Bonchev–Trinajstić information content (AvgIpc) is 2.59. The van der Waals surface area contributed by atoms with Crippen LogP contribution in [-0.2, 0) is 15.7 Å². The highest BCUT2D eigenvalue weighted by Crippen LogP contribution is 2.34. The van der Waals surface area contributed by atoms with E-state index in [2.05, 4.69) is 5.32 Å². The van der Waals surface area contributed by atoms with Crippen LogP contribution in [0.1, 0.15) is 21.5 Å². The molecule has 0 saturated carbocycles. The van der Waals surface area contributed by atoms with Crippen molar-refractivity contribution in [3.63, 3.8) is 0 Å². The number of ether oxygens (including phenoxy) is 1. The van der Waals surface area contributed by atoms with Crippen molar-refractivity contribution in [2.75, 3.05) is 11.9 Å². The molecule has 0 heterocycles. The van der Waals surface area contributed by atoms with Gasteiger partial charge >= 0.3 is 12.1 Å². The number of carbonyl (C=O) groups is 2. The number of halogens is 3. The summed E-state index contributed by atoms with van der Waals surface area (Å²) in [6.45, 7) is -0.745. The molecule has 2 aromatic carbocycles. The van der Waals surface area contributed by atoms with Gasteiger partial charge < -0.3 is 10.1 Å². The SMILES string of the molecule is N#Cc1ccc(C(=O)OCC(=O)Nc2ccccc2C(F)(F)F)cc1. The Morgan fingerprint density at radius 3 is 2.32 bits per heavy atom. The van der Waals surface area contributed by atoms with Gasteiger partial charge in [0.1, 0.15) is 0 Å². The van der Waals surface area contributed by atoms with Crippen LogP contribution in [0.15, 0.2) is 48.5 Å². The molecule has 0 aliphatic heterocycles. The molecule has 0 unspecified atom stereocenters. The molecule has 2 rings (SSSR count). The molecule has 0 fully saturated rings. The number of rotatable bonds is 4. The molecule has 1 N–H and O–H groups in total. The predicted molar refractivity (Wildman–Crippen MR) is 81.5 cm³/mol. The lowest BCUT2D eigenvalue weighted by Crippen LogP contribution is -2.22. The van der Waals surface area contributed by atoms with E-state index >= 15 is 0 Å². The molecule has 8 heteroatoms. The summed E-state index contributed by atoms with van der Waals surface area (Å²) in [6, 6.07) is 11.8. The molecule has 25 heavy (non-hydrogen) atoms. The summed E-state index contributed by atoms with van der Waals surface area (Å²) in [5.41, 5.74) is -0.961. The summed E-state index contributed by atoms with van der Waals surface area (Å²) in [4.78, 5) is 23.5. The lowest BCUT2D eigenvalue weighted by Gasteiger charge is -2.13. The zero-order valence-corrected chi connectivity index (χ0v) is 12.6. The number of hydrogen-bond acceptors (Lipinski definition) is 4. The standard InChI is InChI=1S/C17H11F3N2O3/c18-17(19,20)13-3-1-2-4-14(13)22-15(23)10-25-16(24)12-7-5-11(9-21)6-8-12/h1-8H,10H2,(H,22,23). The highest BCUT2D eigenvalue weighted by molar-refractivity contribution is 5.96. The molecule has 0 bridgehead atoms. The first-order chi connectivity index (χ1) is 11.8. The second-order valence-corrected chi connectivity index (χ2v) is 4.86. The van der Waals surface area contributed by atoms with Crippen molar-refractivity contribution >= 4 is 17.6 Å². The number of alkyl halides is 3. The number of amides is 1. The van der Waals surface area contributed by atoms with Crippen molar-refractivity contribution in [3.8, 4) is 6.07 Å². The van der Waals surface area contributed by atoms with E-state index in [9.17, 15) is 22.8 Å². The fraction of sp³-hybridized carbons (Fsp3) is 0.118. The molecule has 0 aliphatic rings. The minimum Gasteiger partial charge on any atom is -0.452 e. The van der Waals surface area contributed by atoms with Crippen LogP contribution in [-0.4, -0.2) is 18.5 Å². The number of para-hydroxylation sites is 1. The Bertz CT molecular complexity index is 824. The molecule has 0 spiro atoms. The Hall–Kier alpha value is -3.34. The highest BCUT2D eigenvalue weighted by atomic mass is 19.4. The van der Waals surface area contributed by atoms with Crippen molar-refractivity contribution in [1.29, 1.82) is 5.26 Å². The van der Waals surface area contributed by atoms with Gasteiger partial charge in [0.2, 0.25) is 0 Å². The van der Waals surface area contributed by atoms with Crippen LogP contribution in [0, 0.1) is 11.3 Å². The molecule has 1 amide bonds. The van der Waals surface area contributed by atoms with E-state index in [4.69, 9.17) is 10.00 Å². The minimum atomic E-state index is -4.62. The third kappa shape index (κ3) is 4.81. The molecular weight excluding hydrogens is 337 g/mol. The summed E-state index contributed by atoms with van der Waals surface area (Å²) in [5.74, 6) is -1.73. The van der Waals surface area contributed by atoms with Gasteiger partial charge in [0.05, 0.1) is 28.4 Å². The van der Waals surface area contributed by atoms with E-state index in [0.29, 0.717) is 5.56 Å². The Morgan fingerprint density at radius 2 is 1.72 bits per heavy atom. The summed E-state index contributed by atoms with van der Waals surface area (Å²) in [5, 5.41) is 10.7. The Morgan fingerprint density at radius 1 is 1.08 bits per heavy atom. The number of nitriles is 1. The number of esters is 1. The number of anilines is 1. The van der Waals surface area contributed by atoms with Crippen LogP contribution in [0.5, 0.6) is 0 Å². The van der Waals surface area contributed by atoms with Crippen molar-refractivity contribution in [1.82, 2.24) is 0 Å². The highest BCUT2D eigenvalue weighted by Gasteiger charge is 2.33. The summed E-state index contributed by atoms with van der Waals surface area (Å²) < 4.78 is 43.3. The van der Waals surface area contributed by atoms with Crippen LogP contribution in [0.4, 0.5) is 18.9 Å². The van der Waals surface area contributed by atoms with Crippen LogP contribution in [0.3, 0.4) is 0 Å². The van der Waals surface area contributed by atoms with Crippen molar-refractivity contribution in [2.24, 2.45) is 0 Å². The van der Waals surface area contributed by atoms with E-state index < -0.39 is 35.9 Å². The largest absolute Gasteiger partial charge is 0.452 e. The molecule has 0 aromatic heterocycles. The van der Waals surface area contributed by atoms with Gasteiger partial charge in [0.25, 0.3) is 5.91 Å². The summed E-state index contributed by atoms with van der Waals surface area (Å²) in [6.07, 6.45) is -4.62. The number of hydrogen-bond donors (Lipinski definition) is 1. The first-order valence-corrected chi connectivity index (χ1v) is 6.94. The van der Waals surface area contributed by atoms with Crippen LogP contribution >= 0.6 is 0 Å². The van der Waals surface area contributed by atoms with E-state index in [0.717, 1.165) is 12.1 Å². The van der Waals surface area contributed by atoms with Crippen LogP contribution in [0.25, 0.3) is 0 Å². The molecule has 0 aliphatic carbocycles. The zero-order valence-electron chi connectivity index (χ0n) is 12.6. The summed E-state index contributed by atoms with van der Waals surface area (Å²) in [7, 11) is 0. The number of carbonyl (C=O) groups excluding carboxylic acids is 2. The van der Waals surface area contributed by atoms with Gasteiger partial charge in [0.15, 0.2) is 6.61 Å². The minimum absolute atomic E-state index is 0.113. The smallest absolute Gasteiger partial charge is 0.418 e. The zero-order chi connectivity index (χ0) is 18.4. The predicted octanol–water partition coefficient (Wildman–Crippen LogP) is 3.37. The van der Waals surface area contributed by atoms with Gasteiger partial charge in [-0.2, -0.15) is 18.4 Å². The number of benzene rings is 2. The Kier molecular flexibility index (Phi) is 5.39. The fourth-order valence-corrected chi connectivity index (χ4v) is 1.92. The molecular formula is C17H11F3N2O3. The van der Waals surface area contributed by atoms with E-state index in [1.807, 2.05) is 6.07 Å². The monoisotopic (exact) mass is 348 g/mol. The molecule has 0 atom stereocenters. The first-order valence-electron chi connectivity index (χ1n) is 6.94. The fourth-order valence-electron chi connectivity index (χ4n) is 1.92. The Balaban J connectivity index is 1.97. The van der Waals surface area contributed by atoms with Gasteiger partial charge in [-0.3, -0.25) is 4.79 Å². The normalized spacial score (nSPS) is 10.6. The first kappa shape index (κ1) is 18.0. The topological polar surface area (TPSA) is 79.2 Å². The third-order valence-corrected chi connectivity index (χ3v) is 3.09. The van der Waals surface area contributed by atoms with Crippen molar-refractivity contribution < 1.29 is 27.5 Å². The van der Waals surface area contributed by atoms with Crippen molar-refractivity contribution in [3.05, 3.63) is 65.2 Å². The third-order valence-electron chi connectivity index (χ3n) is 3.09. The maximum Gasteiger partial charge on any atom is 0.418 e. The maximum absolute atomic E-state index is 12.8. The van der Waals surface area contributed by atoms with Gasteiger partial charge in [-0.25, -0.2) is 4.79 Å². The maximum atomic E-state index is 12.8. The average molecular weight is 348 g/mol. The van der Waals surface area contributed by atoms with Gasteiger partial charge in [-0.15, -0.1) is 0 Å². The molecule has 2 aromatic rings. The van der Waals surface area contributed by atoms with E-state index in [1.54, 1.807) is 0 Å². The number of nitrogens with zero attached hydrogens (tertiary/aromatic N) is 1. The van der Waals surface area contributed by atoms with Gasteiger partial charge in [0, 0.05) is 0 Å².